The van der Waals surface area contributed by atoms with Crippen molar-refractivity contribution in [1.82, 2.24) is 5.32 Å². The summed E-state index contributed by atoms with van der Waals surface area (Å²) in [6, 6.07) is 2.46. The van der Waals surface area contributed by atoms with E-state index < -0.39 is 34.7 Å². The molecule has 128 valence electrons. The van der Waals surface area contributed by atoms with Crippen LogP contribution in [0.25, 0.3) is 0 Å². The van der Waals surface area contributed by atoms with E-state index in [1.807, 2.05) is 25.2 Å². The Morgan fingerprint density at radius 1 is 1.33 bits per heavy atom. The summed E-state index contributed by atoms with van der Waals surface area (Å²) in [6.45, 7) is 1.87. The number of nitrogens with one attached hydrogen (secondary N) is 1. The molecular formula is C17H15ClF3NO2. The van der Waals surface area contributed by atoms with Crippen LogP contribution in [0.4, 0.5) is 13.2 Å². The van der Waals surface area contributed by atoms with E-state index >= 15 is 0 Å². The normalized spacial score (nSPS) is 29.3. The van der Waals surface area contributed by atoms with E-state index in [2.05, 4.69) is 5.32 Å². The third kappa shape index (κ3) is 2.84. The van der Waals surface area contributed by atoms with Crippen LogP contribution < -0.4 is 5.32 Å². The molecule has 1 aromatic carbocycles. The van der Waals surface area contributed by atoms with Gasteiger partial charge in [0.2, 0.25) is 0 Å². The molecule has 1 fully saturated rings. The van der Waals surface area contributed by atoms with Gasteiger partial charge >= 0.3 is 12.1 Å². The number of hydrogen-bond donors (Lipinski definition) is 2. The van der Waals surface area contributed by atoms with Gasteiger partial charge in [-0.2, -0.15) is 13.2 Å². The van der Waals surface area contributed by atoms with Crippen molar-refractivity contribution >= 4 is 17.6 Å². The van der Waals surface area contributed by atoms with Gasteiger partial charge in [0.05, 0.1) is 10.6 Å². The summed E-state index contributed by atoms with van der Waals surface area (Å²) >= 11 is 5.67. The van der Waals surface area contributed by atoms with Gasteiger partial charge in [0, 0.05) is 17.9 Å². The minimum absolute atomic E-state index is 0.203. The molecule has 0 spiro atoms. The van der Waals surface area contributed by atoms with Crippen LogP contribution in [0.1, 0.15) is 24.0 Å². The molecule has 2 aliphatic rings. The molecule has 1 heterocycles. The zero-order valence-corrected chi connectivity index (χ0v) is 13.4. The van der Waals surface area contributed by atoms with Crippen molar-refractivity contribution < 1.29 is 23.1 Å². The van der Waals surface area contributed by atoms with E-state index in [-0.39, 0.29) is 12.0 Å². The highest BCUT2D eigenvalue weighted by Gasteiger charge is 2.47. The lowest BCUT2D eigenvalue weighted by Crippen LogP contribution is -2.38. The summed E-state index contributed by atoms with van der Waals surface area (Å²) in [7, 11) is 0. The van der Waals surface area contributed by atoms with Gasteiger partial charge in [-0.25, -0.2) is 0 Å². The van der Waals surface area contributed by atoms with Gasteiger partial charge in [-0.05, 0) is 24.6 Å². The maximum Gasteiger partial charge on any atom is 0.417 e. The van der Waals surface area contributed by atoms with Crippen molar-refractivity contribution in [2.24, 2.45) is 5.92 Å². The number of fused-ring (bicyclic) bond motifs is 1. The number of aliphatic carboxylic acids is 1. The summed E-state index contributed by atoms with van der Waals surface area (Å²) < 4.78 is 39.4. The first-order valence-electron chi connectivity index (χ1n) is 7.40. The largest absolute Gasteiger partial charge is 0.480 e. The minimum Gasteiger partial charge on any atom is -0.480 e. The second-order valence-corrected chi connectivity index (χ2v) is 6.50. The lowest BCUT2D eigenvalue weighted by Gasteiger charge is -2.25. The van der Waals surface area contributed by atoms with Crippen molar-refractivity contribution in [1.29, 1.82) is 0 Å². The fourth-order valence-electron chi connectivity index (χ4n) is 3.55. The highest BCUT2D eigenvalue weighted by Crippen LogP contribution is 2.44. The molecule has 3 nitrogen and oxygen atoms in total. The third-order valence-electron chi connectivity index (χ3n) is 4.65. The second-order valence-electron chi connectivity index (χ2n) is 6.10. The summed E-state index contributed by atoms with van der Waals surface area (Å²) in [5.41, 5.74) is 0.334. The predicted octanol–water partition coefficient (Wildman–Crippen LogP) is 4.00. The Morgan fingerprint density at radius 2 is 2.04 bits per heavy atom. The molecule has 1 saturated heterocycles. The summed E-state index contributed by atoms with van der Waals surface area (Å²) in [4.78, 5) is 11.6. The zero-order valence-electron chi connectivity index (χ0n) is 12.6. The Balaban J connectivity index is 2.08. The van der Waals surface area contributed by atoms with E-state index in [1.165, 1.54) is 12.1 Å². The van der Waals surface area contributed by atoms with Crippen molar-refractivity contribution in [3.8, 4) is 0 Å². The van der Waals surface area contributed by atoms with E-state index in [4.69, 9.17) is 11.6 Å². The SMILES string of the molecule is CC1=CC=CC2C1NC(C(=O)O)C2c1ccc(Cl)c(C(F)(F)F)c1. The summed E-state index contributed by atoms with van der Waals surface area (Å²) in [5.74, 6) is -1.91. The van der Waals surface area contributed by atoms with Gasteiger partial charge in [0.15, 0.2) is 0 Å². The Bertz CT molecular complexity index is 742. The molecule has 0 radical (unpaired) electrons. The number of halogens is 4. The standard InChI is InChI=1S/C17H15ClF3NO2/c1-8-3-2-4-10-13(15(16(23)24)22-14(8)10)9-5-6-12(18)11(7-9)17(19,20)21/h2-7,10,13-15,22H,1H3,(H,23,24). The van der Waals surface area contributed by atoms with Gasteiger partial charge in [-0.1, -0.05) is 41.5 Å². The predicted molar refractivity (Wildman–Crippen MR) is 83.9 cm³/mol. The van der Waals surface area contributed by atoms with Crippen LogP contribution in [0.5, 0.6) is 0 Å². The van der Waals surface area contributed by atoms with Crippen molar-refractivity contribution in [2.75, 3.05) is 0 Å². The maximum atomic E-state index is 13.1. The van der Waals surface area contributed by atoms with E-state index in [9.17, 15) is 23.1 Å². The molecule has 0 aromatic heterocycles. The Hall–Kier alpha value is -1.79. The van der Waals surface area contributed by atoms with Crippen LogP contribution in [-0.2, 0) is 11.0 Å². The van der Waals surface area contributed by atoms with Gasteiger partial charge < -0.3 is 5.11 Å². The molecule has 2 N–H and O–H groups in total. The van der Waals surface area contributed by atoms with Gasteiger partial charge in [-0.3, -0.25) is 10.1 Å². The number of benzene rings is 1. The van der Waals surface area contributed by atoms with E-state index in [0.29, 0.717) is 5.56 Å². The number of hydrogen-bond acceptors (Lipinski definition) is 2. The first-order valence-corrected chi connectivity index (χ1v) is 7.78. The fourth-order valence-corrected chi connectivity index (χ4v) is 3.77. The smallest absolute Gasteiger partial charge is 0.417 e. The Kier molecular flexibility index (Phi) is 4.21. The molecule has 0 amide bonds. The highest BCUT2D eigenvalue weighted by molar-refractivity contribution is 6.31. The quantitative estimate of drug-likeness (QED) is 0.841. The van der Waals surface area contributed by atoms with Gasteiger partial charge in [0.25, 0.3) is 0 Å². The molecule has 4 unspecified atom stereocenters. The van der Waals surface area contributed by atoms with Crippen LogP contribution in [0.15, 0.2) is 42.0 Å². The van der Waals surface area contributed by atoms with Crippen LogP contribution in [0.2, 0.25) is 5.02 Å². The monoisotopic (exact) mass is 357 g/mol. The molecule has 24 heavy (non-hydrogen) atoms. The van der Waals surface area contributed by atoms with Crippen molar-refractivity contribution in [2.45, 2.75) is 31.1 Å². The number of allylic oxidation sites excluding steroid dienone is 2. The molecule has 3 rings (SSSR count). The molecule has 4 atom stereocenters. The maximum absolute atomic E-state index is 13.1. The fraction of sp³-hybridized carbons (Fsp3) is 0.353. The lowest BCUT2D eigenvalue weighted by atomic mass is 9.78. The topological polar surface area (TPSA) is 49.3 Å². The number of carbonyl (C=O) groups is 1. The van der Waals surface area contributed by atoms with Crippen LogP contribution in [0.3, 0.4) is 0 Å². The van der Waals surface area contributed by atoms with Crippen molar-refractivity contribution in [3.63, 3.8) is 0 Å². The Morgan fingerprint density at radius 3 is 2.67 bits per heavy atom. The average Bonchev–Trinajstić information content (AvgIpc) is 2.88. The van der Waals surface area contributed by atoms with Gasteiger partial charge in [0.1, 0.15) is 6.04 Å². The lowest BCUT2D eigenvalue weighted by molar-refractivity contribution is -0.139. The Labute approximate surface area is 141 Å². The molecule has 1 aliphatic heterocycles. The van der Waals surface area contributed by atoms with Crippen LogP contribution in [-0.4, -0.2) is 23.2 Å². The first kappa shape index (κ1) is 17.0. The molecule has 0 bridgehead atoms. The highest BCUT2D eigenvalue weighted by atomic mass is 35.5. The van der Waals surface area contributed by atoms with Gasteiger partial charge in [-0.15, -0.1) is 0 Å². The third-order valence-corrected chi connectivity index (χ3v) is 4.98. The molecular weight excluding hydrogens is 343 g/mol. The zero-order chi connectivity index (χ0) is 17.6. The summed E-state index contributed by atoms with van der Waals surface area (Å²) in [6.07, 6.45) is 0.948. The minimum atomic E-state index is -4.59. The van der Waals surface area contributed by atoms with E-state index in [1.54, 1.807) is 0 Å². The number of rotatable bonds is 2. The van der Waals surface area contributed by atoms with Crippen LogP contribution in [0, 0.1) is 5.92 Å². The second kappa shape index (κ2) is 5.93. The van der Waals surface area contributed by atoms with E-state index in [0.717, 1.165) is 11.6 Å². The number of alkyl halides is 3. The molecule has 1 aliphatic carbocycles. The van der Waals surface area contributed by atoms with Crippen LogP contribution >= 0.6 is 11.6 Å². The first-order chi connectivity index (χ1) is 11.2. The molecule has 0 saturated carbocycles. The average molecular weight is 358 g/mol. The molecule has 1 aromatic rings. The molecule has 7 heteroatoms. The number of carboxylic acid groups (broad SMARTS) is 1. The summed E-state index contributed by atoms with van der Waals surface area (Å²) in [5, 5.41) is 12.1. The van der Waals surface area contributed by atoms with Crippen molar-refractivity contribution in [3.05, 3.63) is 58.1 Å². The number of carboxylic acids is 1.